The molecule has 4 heteroatoms. The van der Waals surface area contributed by atoms with Crippen molar-refractivity contribution < 1.29 is 0 Å². The largest absolute Gasteiger partial charge is 0.326 e. The quantitative estimate of drug-likeness (QED) is 0.831. The zero-order valence-electron chi connectivity index (χ0n) is 13.0. The van der Waals surface area contributed by atoms with Gasteiger partial charge >= 0.3 is 0 Å². The molecule has 0 aliphatic heterocycles. The van der Waals surface area contributed by atoms with E-state index < -0.39 is 0 Å². The highest BCUT2D eigenvalue weighted by atomic mass is 35.5. The van der Waals surface area contributed by atoms with Gasteiger partial charge in [0.15, 0.2) is 0 Å². The van der Waals surface area contributed by atoms with Crippen LogP contribution in [0.4, 0.5) is 0 Å². The van der Waals surface area contributed by atoms with Crippen LogP contribution < -0.4 is 5.73 Å². The van der Waals surface area contributed by atoms with Crippen molar-refractivity contribution in [2.75, 3.05) is 13.1 Å². The Balaban J connectivity index is 2.25. The zero-order valence-corrected chi connectivity index (χ0v) is 14.6. The molecule has 118 valence electrons. The first kappa shape index (κ1) is 17.1. The first-order valence-electron chi connectivity index (χ1n) is 7.98. The van der Waals surface area contributed by atoms with Crippen molar-refractivity contribution in [1.29, 1.82) is 0 Å². The number of hydrogen-bond acceptors (Lipinski definition) is 2. The molecule has 1 aliphatic carbocycles. The molecule has 2 nitrogen and oxygen atoms in total. The maximum absolute atomic E-state index is 6.68. The van der Waals surface area contributed by atoms with Crippen LogP contribution in [0.15, 0.2) is 18.2 Å². The smallest absolute Gasteiger partial charge is 0.0453 e. The van der Waals surface area contributed by atoms with E-state index in [0.717, 1.165) is 35.1 Å². The molecule has 0 heterocycles. The molecule has 1 fully saturated rings. The topological polar surface area (TPSA) is 29.3 Å². The van der Waals surface area contributed by atoms with Crippen molar-refractivity contribution in [2.45, 2.75) is 57.5 Å². The van der Waals surface area contributed by atoms with Crippen LogP contribution >= 0.6 is 23.2 Å². The Kier molecular flexibility index (Phi) is 5.96. The van der Waals surface area contributed by atoms with Gasteiger partial charge in [0.25, 0.3) is 0 Å². The highest BCUT2D eigenvalue weighted by Crippen LogP contribution is 2.39. The van der Waals surface area contributed by atoms with Crippen LogP contribution in [-0.4, -0.2) is 29.6 Å². The molecule has 1 aliphatic rings. The maximum atomic E-state index is 6.68. The molecule has 21 heavy (non-hydrogen) atoms. The summed E-state index contributed by atoms with van der Waals surface area (Å²) >= 11 is 12.6. The van der Waals surface area contributed by atoms with E-state index in [1.165, 1.54) is 25.7 Å². The number of nitrogens with zero attached hydrogens (tertiary/aromatic N) is 1. The van der Waals surface area contributed by atoms with Gasteiger partial charge < -0.3 is 5.73 Å². The average Bonchev–Trinajstić information content (AvgIpc) is 2.95. The van der Waals surface area contributed by atoms with Crippen LogP contribution in [0.1, 0.15) is 45.1 Å². The molecular weight excluding hydrogens is 303 g/mol. The molecular formula is C17H26Cl2N2. The fourth-order valence-corrected chi connectivity index (χ4v) is 4.45. The van der Waals surface area contributed by atoms with Crippen LogP contribution in [0.5, 0.6) is 0 Å². The minimum absolute atomic E-state index is 0.0669. The maximum Gasteiger partial charge on any atom is 0.0453 e. The van der Waals surface area contributed by atoms with Crippen LogP contribution in [0, 0.1) is 0 Å². The normalized spacial score (nSPS) is 19.1. The van der Waals surface area contributed by atoms with E-state index in [9.17, 15) is 0 Å². The fourth-order valence-electron chi connectivity index (χ4n) is 3.90. The van der Waals surface area contributed by atoms with Gasteiger partial charge in [0, 0.05) is 21.6 Å². The second-order valence-corrected chi connectivity index (χ2v) is 6.81. The Morgan fingerprint density at radius 3 is 2.14 bits per heavy atom. The number of halogens is 2. The molecule has 0 radical (unpaired) electrons. The Bertz CT molecular complexity index is 446. The summed E-state index contributed by atoms with van der Waals surface area (Å²) in [5.74, 6) is 0. The van der Waals surface area contributed by atoms with E-state index >= 15 is 0 Å². The van der Waals surface area contributed by atoms with Gasteiger partial charge in [-0.2, -0.15) is 0 Å². The van der Waals surface area contributed by atoms with Gasteiger partial charge in [-0.3, -0.25) is 4.90 Å². The summed E-state index contributed by atoms with van der Waals surface area (Å²) in [7, 11) is 0. The van der Waals surface area contributed by atoms with Gasteiger partial charge in [0.05, 0.1) is 0 Å². The molecule has 0 aromatic heterocycles. The number of nitrogens with two attached hydrogens (primary N) is 1. The van der Waals surface area contributed by atoms with Crippen LogP contribution in [-0.2, 0) is 6.42 Å². The van der Waals surface area contributed by atoms with E-state index in [4.69, 9.17) is 28.9 Å². The van der Waals surface area contributed by atoms with Crippen molar-refractivity contribution in [3.05, 3.63) is 33.8 Å². The summed E-state index contributed by atoms with van der Waals surface area (Å²) in [5.41, 5.74) is 7.77. The average molecular weight is 329 g/mol. The van der Waals surface area contributed by atoms with Gasteiger partial charge in [0.2, 0.25) is 0 Å². The summed E-state index contributed by atoms with van der Waals surface area (Å²) in [6.45, 7) is 6.53. The molecule has 2 rings (SSSR count). The fraction of sp³-hybridized carbons (Fsp3) is 0.647. The third-order valence-corrected chi connectivity index (χ3v) is 5.75. The highest BCUT2D eigenvalue weighted by Gasteiger charge is 2.43. The van der Waals surface area contributed by atoms with Gasteiger partial charge in [-0.15, -0.1) is 0 Å². The van der Waals surface area contributed by atoms with Crippen molar-refractivity contribution in [1.82, 2.24) is 4.90 Å². The van der Waals surface area contributed by atoms with Crippen molar-refractivity contribution in [3.63, 3.8) is 0 Å². The van der Waals surface area contributed by atoms with E-state index in [0.29, 0.717) is 0 Å². The SMILES string of the molecule is CCN(CC)C1(C(N)Cc2c(Cl)cccc2Cl)CCCC1. The number of rotatable bonds is 6. The van der Waals surface area contributed by atoms with E-state index in [1.54, 1.807) is 0 Å². The molecule has 1 aromatic carbocycles. The number of benzene rings is 1. The Labute approximate surface area is 138 Å². The predicted octanol–water partition coefficient (Wildman–Crippen LogP) is 4.52. The van der Waals surface area contributed by atoms with E-state index in [-0.39, 0.29) is 11.6 Å². The second-order valence-electron chi connectivity index (χ2n) is 5.99. The summed E-state index contributed by atoms with van der Waals surface area (Å²) in [6, 6.07) is 5.75. The lowest BCUT2D eigenvalue weighted by molar-refractivity contribution is 0.0772. The third-order valence-electron chi connectivity index (χ3n) is 5.04. The molecule has 1 saturated carbocycles. The molecule has 1 aromatic rings. The van der Waals surface area contributed by atoms with Crippen molar-refractivity contribution in [2.24, 2.45) is 5.73 Å². The molecule has 2 N–H and O–H groups in total. The molecule has 1 unspecified atom stereocenters. The number of likely N-dealkylation sites (N-methyl/N-ethyl adjacent to an activating group) is 1. The van der Waals surface area contributed by atoms with Gasteiger partial charge in [-0.1, -0.05) is 56.0 Å². The minimum atomic E-state index is 0.0669. The lowest BCUT2D eigenvalue weighted by Crippen LogP contribution is -2.59. The Hall–Kier alpha value is -0.280. The minimum Gasteiger partial charge on any atom is -0.326 e. The zero-order chi connectivity index (χ0) is 15.5. The van der Waals surface area contributed by atoms with Gasteiger partial charge in [-0.25, -0.2) is 0 Å². The van der Waals surface area contributed by atoms with Gasteiger partial charge in [0.1, 0.15) is 0 Å². The summed E-state index contributed by atoms with van der Waals surface area (Å²) < 4.78 is 0. The summed E-state index contributed by atoms with van der Waals surface area (Å²) in [5, 5.41) is 1.45. The highest BCUT2D eigenvalue weighted by molar-refractivity contribution is 6.36. The van der Waals surface area contributed by atoms with E-state index in [1.807, 2.05) is 18.2 Å². The lowest BCUT2D eigenvalue weighted by atomic mass is 9.83. The Morgan fingerprint density at radius 1 is 1.14 bits per heavy atom. The van der Waals surface area contributed by atoms with Crippen LogP contribution in [0.25, 0.3) is 0 Å². The molecule has 0 bridgehead atoms. The first-order valence-corrected chi connectivity index (χ1v) is 8.74. The summed E-state index contributed by atoms with van der Waals surface area (Å²) in [4.78, 5) is 2.54. The third kappa shape index (κ3) is 3.39. The molecule has 0 spiro atoms. The summed E-state index contributed by atoms with van der Waals surface area (Å²) in [6.07, 6.45) is 5.63. The van der Waals surface area contributed by atoms with E-state index in [2.05, 4.69) is 18.7 Å². The molecule has 1 atom stereocenters. The second kappa shape index (κ2) is 7.32. The number of hydrogen-bond donors (Lipinski definition) is 1. The van der Waals surface area contributed by atoms with Crippen molar-refractivity contribution in [3.8, 4) is 0 Å². The monoisotopic (exact) mass is 328 g/mol. The standard InChI is InChI=1S/C17H26Cl2N2/c1-3-21(4-2)17(10-5-6-11-17)16(20)12-13-14(18)8-7-9-15(13)19/h7-9,16H,3-6,10-12,20H2,1-2H3. The molecule has 0 amide bonds. The van der Waals surface area contributed by atoms with Gasteiger partial charge in [-0.05, 0) is 50.0 Å². The van der Waals surface area contributed by atoms with Crippen LogP contribution in [0.2, 0.25) is 10.0 Å². The first-order chi connectivity index (χ1) is 10.0. The molecule has 0 saturated heterocycles. The Morgan fingerprint density at radius 2 is 1.67 bits per heavy atom. The van der Waals surface area contributed by atoms with Crippen molar-refractivity contribution >= 4 is 23.2 Å². The predicted molar refractivity (Wildman–Crippen MR) is 92.3 cm³/mol. The lowest BCUT2D eigenvalue weighted by Gasteiger charge is -2.45. The van der Waals surface area contributed by atoms with Crippen LogP contribution in [0.3, 0.4) is 0 Å².